The van der Waals surface area contributed by atoms with Crippen LogP contribution in [0.3, 0.4) is 0 Å². The van der Waals surface area contributed by atoms with Crippen molar-refractivity contribution in [2.24, 2.45) is 5.14 Å². The van der Waals surface area contributed by atoms with Crippen molar-refractivity contribution < 1.29 is 17.6 Å². The average Bonchev–Trinajstić information content (AvgIpc) is 3.26. The summed E-state index contributed by atoms with van der Waals surface area (Å²) in [6.45, 7) is 0. The van der Waals surface area contributed by atoms with Crippen molar-refractivity contribution in [3.8, 4) is 11.1 Å². The van der Waals surface area contributed by atoms with E-state index in [1.54, 1.807) is 30.5 Å². The SMILES string of the molecule is NS(=O)(=O)c1cccc(Nc2cc(-c3cccc(NC(=O)Cc4ccco4)c3)ccn2)c1. The second-order valence-electron chi connectivity index (χ2n) is 7.01. The Bertz CT molecular complexity index is 1350. The fourth-order valence-electron chi connectivity index (χ4n) is 3.13. The zero-order valence-electron chi connectivity index (χ0n) is 16.9. The van der Waals surface area contributed by atoms with E-state index in [4.69, 9.17) is 9.56 Å². The van der Waals surface area contributed by atoms with E-state index >= 15 is 0 Å². The number of nitrogens with one attached hydrogen (secondary N) is 2. The van der Waals surface area contributed by atoms with Crippen LogP contribution in [0.25, 0.3) is 11.1 Å². The number of carbonyl (C=O) groups is 1. The smallest absolute Gasteiger partial charge is 0.238 e. The maximum Gasteiger partial charge on any atom is 0.238 e. The van der Waals surface area contributed by atoms with Crippen LogP contribution in [0, 0.1) is 0 Å². The molecule has 0 bridgehead atoms. The molecule has 0 unspecified atom stereocenters. The fraction of sp³-hybridized carbons (Fsp3) is 0.0435. The first kappa shape index (κ1) is 21.3. The number of nitrogens with two attached hydrogens (primary N) is 1. The Hall–Kier alpha value is -3.95. The van der Waals surface area contributed by atoms with Gasteiger partial charge in [-0.25, -0.2) is 18.5 Å². The van der Waals surface area contributed by atoms with E-state index in [1.165, 1.54) is 18.4 Å². The van der Waals surface area contributed by atoms with Gasteiger partial charge in [-0.2, -0.15) is 0 Å². The van der Waals surface area contributed by atoms with Gasteiger partial charge in [-0.05, 0) is 65.7 Å². The van der Waals surface area contributed by atoms with Gasteiger partial charge < -0.3 is 15.1 Å². The number of rotatable bonds is 7. The standard InChI is InChI=1S/C23H20N4O4S/c24-32(29,30)21-8-2-6-19(14-21)26-22-13-17(9-10-25-22)16-4-1-5-18(12-16)27-23(28)15-20-7-3-11-31-20/h1-14H,15H2,(H,25,26)(H,27,28)(H2,24,29,30). The van der Waals surface area contributed by atoms with Gasteiger partial charge in [0.15, 0.2) is 0 Å². The minimum absolute atomic E-state index is 0.0108. The van der Waals surface area contributed by atoms with Gasteiger partial charge in [-0.15, -0.1) is 0 Å². The number of hydrogen-bond donors (Lipinski definition) is 3. The number of furan rings is 1. The maximum absolute atomic E-state index is 12.2. The lowest BCUT2D eigenvalue weighted by atomic mass is 10.1. The van der Waals surface area contributed by atoms with E-state index in [0.717, 1.165) is 11.1 Å². The molecule has 0 fully saturated rings. The Morgan fingerprint density at radius 1 is 0.938 bits per heavy atom. The number of aromatic nitrogens is 1. The predicted octanol–water partition coefficient (Wildman–Crippen LogP) is 3.91. The summed E-state index contributed by atoms with van der Waals surface area (Å²) in [5.41, 5.74) is 2.95. The quantitative estimate of drug-likeness (QED) is 0.393. The summed E-state index contributed by atoms with van der Waals surface area (Å²) in [5, 5.41) is 11.2. The molecule has 0 aliphatic heterocycles. The van der Waals surface area contributed by atoms with E-state index in [-0.39, 0.29) is 17.2 Å². The Morgan fingerprint density at radius 3 is 2.50 bits per heavy atom. The van der Waals surface area contributed by atoms with Crippen molar-refractivity contribution in [3.05, 3.63) is 91.0 Å². The molecular formula is C23H20N4O4S. The zero-order valence-corrected chi connectivity index (χ0v) is 17.7. The van der Waals surface area contributed by atoms with Gasteiger partial charge in [0.05, 0.1) is 17.6 Å². The van der Waals surface area contributed by atoms with Crippen LogP contribution in [0.2, 0.25) is 0 Å². The normalized spacial score (nSPS) is 11.2. The van der Waals surface area contributed by atoms with Crippen LogP contribution in [0.5, 0.6) is 0 Å². The van der Waals surface area contributed by atoms with E-state index < -0.39 is 10.0 Å². The van der Waals surface area contributed by atoms with Gasteiger partial charge in [-0.3, -0.25) is 4.79 Å². The third-order valence-corrected chi connectivity index (χ3v) is 5.50. The molecule has 1 amide bonds. The third-order valence-electron chi connectivity index (χ3n) is 4.59. The lowest BCUT2D eigenvalue weighted by molar-refractivity contribution is -0.115. The van der Waals surface area contributed by atoms with Gasteiger partial charge >= 0.3 is 0 Å². The molecule has 0 saturated heterocycles. The molecule has 162 valence electrons. The Kier molecular flexibility index (Phi) is 6.02. The van der Waals surface area contributed by atoms with Crippen LogP contribution in [-0.4, -0.2) is 19.3 Å². The second kappa shape index (κ2) is 9.04. The third kappa shape index (κ3) is 5.39. The van der Waals surface area contributed by atoms with Crippen LogP contribution < -0.4 is 15.8 Å². The first-order valence-corrected chi connectivity index (χ1v) is 11.2. The molecule has 0 spiro atoms. The van der Waals surface area contributed by atoms with Crippen molar-refractivity contribution in [1.82, 2.24) is 4.98 Å². The van der Waals surface area contributed by atoms with E-state index in [9.17, 15) is 13.2 Å². The summed E-state index contributed by atoms with van der Waals surface area (Å²) in [6, 6.07) is 20.8. The number of pyridine rings is 1. The van der Waals surface area contributed by atoms with Crippen molar-refractivity contribution >= 4 is 33.1 Å². The largest absolute Gasteiger partial charge is 0.469 e. The predicted molar refractivity (Wildman–Crippen MR) is 122 cm³/mol. The highest BCUT2D eigenvalue weighted by molar-refractivity contribution is 7.89. The topological polar surface area (TPSA) is 127 Å². The summed E-state index contributed by atoms with van der Waals surface area (Å²) in [5.74, 6) is 0.945. The summed E-state index contributed by atoms with van der Waals surface area (Å²) >= 11 is 0. The summed E-state index contributed by atoms with van der Waals surface area (Å²) in [6.07, 6.45) is 3.32. The molecule has 2 aromatic heterocycles. The van der Waals surface area contributed by atoms with E-state index in [1.807, 2.05) is 36.4 Å². The highest BCUT2D eigenvalue weighted by Gasteiger charge is 2.10. The molecule has 0 aliphatic carbocycles. The average molecular weight is 449 g/mol. The molecule has 0 saturated carbocycles. The first-order valence-electron chi connectivity index (χ1n) is 9.65. The minimum atomic E-state index is -3.80. The van der Waals surface area contributed by atoms with Crippen LogP contribution >= 0.6 is 0 Å². The van der Waals surface area contributed by atoms with Crippen molar-refractivity contribution in [3.63, 3.8) is 0 Å². The molecule has 2 aromatic carbocycles. The monoisotopic (exact) mass is 448 g/mol. The molecule has 32 heavy (non-hydrogen) atoms. The molecule has 0 radical (unpaired) electrons. The molecule has 0 atom stereocenters. The van der Waals surface area contributed by atoms with Crippen LogP contribution in [0.4, 0.5) is 17.2 Å². The van der Waals surface area contributed by atoms with Gasteiger partial charge in [0.1, 0.15) is 11.6 Å². The van der Waals surface area contributed by atoms with Gasteiger partial charge in [0.2, 0.25) is 15.9 Å². The van der Waals surface area contributed by atoms with Gasteiger partial charge in [0, 0.05) is 17.6 Å². The molecule has 2 heterocycles. The number of hydrogen-bond acceptors (Lipinski definition) is 6. The molecule has 0 aliphatic rings. The second-order valence-corrected chi connectivity index (χ2v) is 8.57. The fourth-order valence-corrected chi connectivity index (χ4v) is 3.69. The van der Waals surface area contributed by atoms with Crippen LogP contribution in [0.1, 0.15) is 5.76 Å². The Labute approximate surface area is 185 Å². The summed E-state index contributed by atoms with van der Waals surface area (Å²) in [4.78, 5) is 16.5. The van der Waals surface area contributed by atoms with E-state index in [2.05, 4.69) is 15.6 Å². The van der Waals surface area contributed by atoms with Gasteiger partial charge in [-0.1, -0.05) is 18.2 Å². The molecular weight excluding hydrogens is 428 g/mol. The number of sulfonamides is 1. The Balaban J connectivity index is 1.51. The van der Waals surface area contributed by atoms with Gasteiger partial charge in [0.25, 0.3) is 0 Å². The van der Waals surface area contributed by atoms with Crippen molar-refractivity contribution in [2.45, 2.75) is 11.3 Å². The lowest BCUT2D eigenvalue weighted by Gasteiger charge is -2.10. The molecule has 8 nitrogen and oxygen atoms in total. The highest BCUT2D eigenvalue weighted by Crippen LogP contribution is 2.26. The molecule has 4 rings (SSSR count). The van der Waals surface area contributed by atoms with Crippen LogP contribution in [-0.2, 0) is 21.2 Å². The minimum Gasteiger partial charge on any atom is -0.469 e. The van der Waals surface area contributed by atoms with Crippen molar-refractivity contribution in [2.75, 3.05) is 10.6 Å². The summed E-state index contributed by atoms with van der Waals surface area (Å²) in [7, 11) is -3.80. The molecule has 4 aromatic rings. The summed E-state index contributed by atoms with van der Waals surface area (Å²) < 4.78 is 28.4. The van der Waals surface area contributed by atoms with E-state index in [0.29, 0.717) is 23.0 Å². The molecule has 9 heteroatoms. The lowest BCUT2D eigenvalue weighted by Crippen LogP contribution is -2.13. The Morgan fingerprint density at radius 2 is 1.72 bits per heavy atom. The van der Waals surface area contributed by atoms with Crippen molar-refractivity contribution in [1.29, 1.82) is 0 Å². The maximum atomic E-state index is 12.2. The number of primary sulfonamides is 1. The molecule has 4 N–H and O–H groups in total. The first-order chi connectivity index (χ1) is 15.4. The highest BCUT2D eigenvalue weighted by atomic mass is 32.2. The number of carbonyl (C=O) groups excluding carboxylic acids is 1. The zero-order chi connectivity index (χ0) is 22.6. The number of anilines is 3. The number of amides is 1. The number of benzene rings is 2. The number of nitrogens with zero attached hydrogens (tertiary/aromatic N) is 1. The van der Waals surface area contributed by atoms with Crippen LogP contribution in [0.15, 0.2) is 94.6 Å².